The summed E-state index contributed by atoms with van der Waals surface area (Å²) in [4.78, 5) is 28.1. The average Bonchev–Trinajstić information content (AvgIpc) is 2.97. The van der Waals surface area contributed by atoms with Gasteiger partial charge in [-0.25, -0.2) is 0 Å². The fourth-order valence-electron chi connectivity index (χ4n) is 2.03. The number of nitrogens with zero attached hydrogens (tertiary/aromatic N) is 2. The minimum absolute atomic E-state index is 0.0109. The van der Waals surface area contributed by atoms with Crippen LogP contribution in [0, 0.1) is 0 Å². The van der Waals surface area contributed by atoms with Crippen LogP contribution >= 0.6 is 50.5 Å². The fraction of sp³-hybridized carbons (Fsp3) is 0.250. The topological polar surface area (TPSA) is 40.6 Å². The number of carbonyl (C=O) groups excluding carboxylic acids is 2. The van der Waals surface area contributed by atoms with Crippen LogP contribution in [-0.4, -0.2) is 42.3 Å². The van der Waals surface area contributed by atoms with Gasteiger partial charge in [0.05, 0.1) is 25.3 Å². The van der Waals surface area contributed by atoms with E-state index in [1.54, 1.807) is 38.4 Å². The van der Waals surface area contributed by atoms with Crippen LogP contribution in [0.2, 0.25) is 10.0 Å². The Morgan fingerprint density at radius 1 is 1.12 bits per heavy atom. The van der Waals surface area contributed by atoms with Crippen LogP contribution in [0.5, 0.6) is 0 Å². The largest absolute Gasteiger partial charge is 0.340 e. The molecule has 4 nitrogen and oxygen atoms in total. The molecule has 24 heavy (non-hydrogen) atoms. The van der Waals surface area contributed by atoms with Crippen LogP contribution < -0.4 is 0 Å². The number of hydrogen-bond acceptors (Lipinski definition) is 3. The summed E-state index contributed by atoms with van der Waals surface area (Å²) in [5, 5.41) is 0.886. The van der Waals surface area contributed by atoms with E-state index in [-0.39, 0.29) is 18.4 Å². The summed E-state index contributed by atoms with van der Waals surface area (Å²) in [6, 6.07) is 8.83. The molecule has 1 aromatic heterocycles. The predicted octanol–water partition coefficient (Wildman–Crippen LogP) is 4.55. The Morgan fingerprint density at radius 3 is 2.46 bits per heavy atom. The van der Waals surface area contributed by atoms with Crippen molar-refractivity contribution in [2.45, 2.75) is 6.54 Å². The lowest BCUT2D eigenvalue weighted by molar-refractivity contribution is -0.130. The third-order valence-corrected chi connectivity index (χ3v) is 5.84. The zero-order chi connectivity index (χ0) is 17.9. The minimum Gasteiger partial charge on any atom is -0.340 e. The number of carbonyl (C=O) groups is 2. The standard InChI is InChI=1S/C16H15BrCl2N2O2S/c1-20(8-10-4-3-5-11(18)15(10)19)14(22)9-21(2)16(23)12-6-7-13(17)24-12/h3-7H,8-9H2,1-2H3. The van der Waals surface area contributed by atoms with E-state index >= 15 is 0 Å². The van der Waals surface area contributed by atoms with Crippen molar-refractivity contribution in [2.75, 3.05) is 20.6 Å². The molecule has 0 saturated carbocycles. The summed E-state index contributed by atoms with van der Waals surface area (Å²) in [5.74, 6) is -0.370. The molecule has 0 bridgehead atoms. The molecule has 1 aromatic carbocycles. The van der Waals surface area contributed by atoms with E-state index in [4.69, 9.17) is 23.2 Å². The average molecular weight is 450 g/mol. The van der Waals surface area contributed by atoms with E-state index in [0.29, 0.717) is 21.5 Å². The zero-order valence-electron chi connectivity index (χ0n) is 13.1. The van der Waals surface area contributed by atoms with Gasteiger partial charge in [0.15, 0.2) is 0 Å². The highest BCUT2D eigenvalue weighted by Crippen LogP contribution is 2.26. The summed E-state index contributed by atoms with van der Waals surface area (Å²) in [5.41, 5.74) is 0.760. The molecule has 0 unspecified atom stereocenters. The highest BCUT2D eigenvalue weighted by atomic mass is 79.9. The van der Waals surface area contributed by atoms with E-state index in [1.165, 1.54) is 21.1 Å². The molecule has 0 fully saturated rings. The summed E-state index contributed by atoms with van der Waals surface area (Å²) < 4.78 is 0.873. The van der Waals surface area contributed by atoms with Gasteiger partial charge in [0.2, 0.25) is 5.91 Å². The molecule has 2 amide bonds. The summed E-state index contributed by atoms with van der Waals surface area (Å²) in [7, 11) is 3.27. The van der Waals surface area contributed by atoms with Gasteiger partial charge in [-0.1, -0.05) is 35.3 Å². The monoisotopic (exact) mass is 448 g/mol. The number of amides is 2. The Balaban J connectivity index is 1.98. The van der Waals surface area contributed by atoms with Gasteiger partial charge in [0.1, 0.15) is 0 Å². The maximum absolute atomic E-state index is 12.3. The molecule has 2 aromatic rings. The molecule has 0 N–H and O–H groups in total. The van der Waals surface area contributed by atoms with E-state index in [1.807, 2.05) is 6.07 Å². The first-order chi connectivity index (χ1) is 11.3. The number of thiophene rings is 1. The van der Waals surface area contributed by atoms with Crippen molar-refractivity contribution in [2.24, 2.45) is 0 Å². The normalized spacial score (nSPS) is 10.5. The fourth-order valence-corrected chi connectivity index (χ4v) is 3.79. The first-order valence-electron chi connectivity index (χ1n) is 6.97. The molecule has 8 heteroatoms. The third-order valence-electron chi connectivity index (χ3n) is 3.37. The Bertz CT molecular complexity index is 766. The maximum atomic E-state index is 12.3. The molecule has 0 spiro atoms. The Morgan fingerprint density at radius 2 is 1.83 bits per heavy atom. The maximum Gasteiger partial charge on any atom is 0.264 e. The van der Waals surface area contributed by atoms with Crippen LogP contribution in [0.15, 0.2) is 34.1 Å². The van der Waals surface area contributed by atoms with Gasteiger partial charge in [0.25, 0.3) is 5.91 Å². The second kappa shape index (κ2) is 8.34. The Hall–Kier alpha value is -1.08. The summed E-state index contributed by atoms with van der Waals surface area (Å²) in [6.45, 7) is 0.313. The summed E-state index contributed by atoms with van der Waals surface area (Å²) >= 11 is 16.8. The molecular formula is C16H15BrCl2N2O2S. The van der Waals surface area contributed by atoms with Gasteiger partial charge in [-0.2, -0.15) is 0 Å². The minimum atomic E-state index is -0.187. The first kappa shape index (κ1) is 19.2. The number of benzene rings is 1. The van der Waals surface area contributed by atoms with Crippen molar-refractivity contribution in [3.8, 4) is 0 Å². The molecule has 0 aliphatic rings. The van der Waals surface area contributed by atoms with Gasteiger partial charge < -0.3 is 9.80 Å². The van der Waals surface area contributed by atoms with Crippen molar-refractivity contribution >= 4 is 62.3 Å². The van der Waals surface area contributed by atoms with Crippen molar-refractivity contribution < 1.29 is 9.59 Å². The van der Waals surface area contributed by atoms with E-state index in [0.717, 1.165) is 9.35 Å². The zero-order valence-corrected chi connectivity index (χ0v) is 17.0. The van der Waals surface area contributed by atoms with Gasteiger partial charge in [-0.15, -0.1) is 11.3 Å². The lowest BCUT2D eigenvalue weighted by atomic mass is 10.2. The number of hydrogen-bond donors (Lipinski definition) is 0. The van der Waals surface area contributed by atoms with Gasteiger partial charge >= 0.3 is 0 Å². The van der Waals surface area contributed by atoms with Gasteiger partial charge in [-0.3, -0.25) is 9.59 Å². The molecule has 0 aliphatic heterocycles. The van der Waals surface area contributed by atoms with Gasteiger partial charge in [0, 0.05) is 20.6 Å². The van der Waals surface area contributed by atoms with Crippen LogP contribution in [-0.2, 0) is 11.3 Å². The quantitative estimate of drug-likeness (QED) is 0.671. The smallest absolute Gasteiger partial charge is 0.264 e. The van der Waals surface area contributed by atoms with Crippen LogP contribution in [0.25, 0.3) is 0 Å². The van der Waals surface area contributed by atoms with Crippen LogP contribution in [0.4, 0.5) is 0 Å². The highest BCUT2D eigenvalue weighted by molar-refractivity contribution is 9.11. The SMILES string of the molecule is CN(Cc1cccc(Cl)c1Cl)C(=O)CN(C)C(=O)c1ccc(Br)s1. The number of halogens is 3. The van der Waals surface area contributed by atoms with Crippen molar-refractivity contribution in [1.82, 2.24) is 9.80 Å². The number of rotatable bonds is 5. The molecular weight excluding hydrogens is 435 g/mol. The first-order valence-corrected chi connectivity index (χ1v) is 9.33. The molecule has 0 saturated heterocycles. The Labute approximate surface area is 163 Å². The van der Waals surface area contributed by atoms with Crippen LogP contribution in [0.1, 0.15) is 15.2 Å². The van der Waals surface area contributed by atoms with Crippen molar-refractivity contribution in [3.63, 3.8) is 0 Å². The molecule has 0 aliphatic carbocycles. The second-order valence-electron chi connectivity index (χ2n) is 5.23. The van der Waals surface area contributed by atoms with Crippen LogP contribution in [0.3, 0.4) is 0 Å². The molecule has 2 rings (SSSR count). The Kier molecular flexibility index (Phi) is 6.69. The number of likely N-dealkylation sites (N-methyl/N-ethyl adjacent to an activating group) is 2. The van der Waals surface area contributed by atoms with Crippen molar-refractivity contribution in [3.05, 3.63) is 54.6 Å². The van der Waals surface area contributed by atoms with E-state index < -0.39 is 0 Å². The van der Waals surface area contributed by atoms with Crippen molar-refractivity contribution in [1.29, 1.82) is 0 Å². The highest BCUT2D eigenvalue weighted by Gasteiger charge is 2.19. The molecule has 0 atom stereocenters. The van der Waals surface area contributed by atoms with Gasteiger partial charge in [-0.05, 0) is 39.7 Å². The van der Waals surface area contributed by atoms with E-state index in [2.05, 4.69) is 15.9 Å². The predicted molar refractivity (Wildman–Crippen MR) is 102 cm³/mol. The third kappa shape index (κ3) is 4.72. The van der Waals surface area contributed by atoms with E-state index in [9.17, 15) is 9.59 Å². The summed E-state index contributed by atoms with van der Waals surface area (Å²) in [6.07, 6.45) is 0. The molecule has 1 heterocycles. The lowest BCUT2D eigenvalue weighted by Crippen LogP contribution is -2.38. The second-order valence-corrected chi connectivity index (χ2v) is 8.48. The molecule has 0 radical (unpaired) electrons. The lowest BCUT2D eigenvalue weighted by Gasteiger charge is -2.22. The molecule has 128 valence electrons.